The summed E-state index contributed by atoms with van der Waals surface area (Å²) in [5.41, 5.74) is 2.18. The zero-order valence-electron chi connectivity index (χ0n) is 9.71. The van der Waals surface area contributed by atoms with Gasteiger partial charge < -0.3 is 5.32 Å². The summed E-state index contributed by atoms with van der Waals surface area (Å²) >= 11 is 0. The molecule has 0 unspecified atom stereocenters. The molecule has 0 aliphatic carbocycles. The Bertz CT molecular complexity index is 331. The van der Waals surface area contributed by atoms with Gasteiger partial charge in [-0.05, 0) is 31.5 Å². The second-order valence-corrected chi connectivity index (χ2v) is 4.07. The molecule has 2 nitrogen and oxygen atoms in total. The van der Waals surface area contributed by atoms with Crippen LogP contribution in [0.4, 0.5) is 5.69 Å². The third kappa shape index (κ3) is 4.15. The lowest BCUT2D eigenvalue weighted by Crippen LogP contribution is -2.10. The largest absolute Gasteiger partial charge is 0.383 e. The van der Waals surface area contributed by atoms with Crippen molar-refractivity contribution in [2.75, 3.05) is 5.32 Å². The molecule has 0 heterocycles. The molecular weight excluding hydrogens is 186 g/mol. The number of hydrogen-bond acceptors (Lipinski definition) is 2. The second kappa shape index (κ2) is 5.54. The van der Waals surface area contributed by atoms with Crippen LogP contribution in [0.1, 0.15) is 32.8 Å². The fraction of sp³-hybridized carbons (Fsp3) is 0.462. The summed E-state index contributed by atoms with van der Waals surface area (Å²) in [5.74, 6) is 0.289. The maximum atomic E-state index is 11.3. The van der Waals surface area contributed by atoms with Gasteiger partial charge in [0.1, 0.15) is 5.78 Å². The standard InChI is InChI=1S/C13H19NO/c1-4-13(15)9-11-6-5-7-12(8-11)14-10(2)3/h5-8,10,14H,4,9H2,1-3H3. The van der Waals surface area contributed by atoms with Gasteiger partial charge in [0.25, 0.3) is 0 Å². The van der Waals surface area contributed by atoms with Gasteiger partial charge in [-0.25, -0.2) is 0 Å². The van der Waals surface area contributed by atoms with Crippen LogP contribution in [0.15, 0.2) is 24.3 Å². The third-order valence-electron chi connectivity index (χ3n) is 2.18. The Balaban J connectivity index is 2.69. The molecule has 15 heavy (non-hydrogen) atoms. The highest BCUT2D eigenvalue weighted by atomic mass is 16.1. The van der Waals surface area contributed by atoms with Crippen LogP contribution < -0.4 is 5.32 Å². The first-order valence-electron chi connectivity index (χ1n) is 5.49. The van der Waals surface area contributed by atoms with Gasteiger partial charge in [-0.1, -0.05) is 19.1 Å². The zero-order valence-corrected chi connectivity index (χ0v) is 9.71. The molecule has 0 fully saturated rings. The molecule has 0 saturated carbocycles. The zero-order chi connectivity index (χ0) is 11.3. The van der Waals surface area contributed by atoms with Gasteiger partial charge in [0.05, 0.1) is 0 Å². The third-order valence-corrected chi connectivity index (χ3v) is 2.18. The lowest BCUT2D eigenvalue weighted by molar-refractivity contribution is -0.118. The second-order valence-electron chi connectivity index (χ2n) is 4.07. The smallest absolute Gasteiger partial charge is 0.136 e. The van der Waals surface area contributed by atoms with Gasteiger partial charge >= 0.3 is 0 Å². The minimum Gasteiger partial charge on any atom is -0.383 e. The van der Waals surface area contributed by atoms with E-state index in [0.717, 1.165) is 11.3 Å². The quantitative estimate of drug-likeness (QED) is 0.800. The highest BCUT2D eigenvalue weighted by molar-refractivity contribution is 5.80. The molecular formula is C13H19NO. The van der Waals surface area contributed by atoms with Gasteiger partial charge in [-0.3, -0.25) is 4.79 Å². The maximum Gasteiger partial charge on any atom is 0.136 e. The normalized spacial score (nSPS) is 10.4. The van der Waals surface area contributed by atoms with E-state index >= 15 is 0 Å². The van der Waals surface area contributed by atoms with E-state index in [1.807, 2.05) is 31.2 Å². The molecule has 1 rings (SSSR count). The van der Waals surface area contributed by atoms with Crippen molar-refractivity contribution in [1.29, 1.82) is 0 Å². The average molecular weight is 205 g/mol. The van der Waals surface area contributed by atoms with Crippen LogP contribution in [-0.2, 0) is 11.2 Å². The molecule has 0 spiro atoms. The van der Waals surface area contributed by atoms with Gasteiger partial charge in [0.2, 0.25) is 0 Å². The van der Waals surface area contributed by atoms with E-state index in [9.17, 15) is 4.79 Å². The number of carbonyl (C=O) groups is 1. The van der Waals surface area contributed by atoms with Crippen molar-refractivity contribution in [2.24, 2.45) is 0 Å². The Morgan fingerprint density at radius 3 is 2.73 bits per heavy atom. The molecule has 0 saturated heterocycles. The topological polar surface area (TPSA) is 29.1 Å². The van der Waals surface area contributed by atoms with Crippen LogP contribution in [0.5, 0.6) is 0 Å². The minimum absolute atomic E-state index is 0.289. The molecule has 1 N–H and O–H groups in total. The van der Waals surface area contributed by atoms with E-state index in [1.54, 1.807) is 0 Å². The fourth-order valence-electron chi connectivity index (χ4n) is 1.46. The Hall–Kier alpha value is -1.31. The van der Waals surface area contributed by atoms with E-state index in [2.05, 4.69) is 19.2 Å². The number of Topliss-reactive ketones (excluding diaryl/α,β-unsaturated/α-hetero) is 1. The molecule has 0 bridgehead atoms. The predicted octanol–water partition coefficient (Wildman–Crippen LogP) is 3.03. The number of hydrogen-bond donors (Lipinski definition) is 1. The van der Waals surface area contributed by atoms with Crippen LogP contribution >= 0.6 is 0 Å². The van der Waals surface area contributed by atoms with Gasteiger partial charge in [-0.15, -0.1) is 0 Å². The molecule has 82 valence electrons. The van der Waals surface area contributed by atoms with Crippen molar-refractivity contribution in [3.8, 4) is 0 Å². The molecule has 2 heteroatoms. The number of benzene rings is 1. The first-order chi connectivity index (χ1) is 7.11. The number of anilines is 1. The predicted molar refractivity (Wildman–Crippen MR) is 64.2 cm³/mol. The highest BCUT2D eigenvalue weighted by Gasteiger charge is 2.02. The van der Waals surface area contributed by atoms with E-state index < -0.39 is 0 Å². The summed E-state index contributed by atoms with van der Waals surface area (Å²) in [5, 5.41) is 3.33. The Labute approximate surface area is 91.7 Å². The van der Waals surface area contributed by atoms with Crippen molar-refractivity contribution in [3.05, 3.63) is 29.8 Å². The molecule has 0 radical (unpaired) electrons. The summed E-state index contributed by atoms with van der Waals surface area (Å²) in [7, 11) is 0. The van der Waals surface area contributed by atoms with Crippen LogP contribution in [0.3, 0.4) is 0 Å². The van der Waals surface area contributed by atoms with Crippen molar-refractivity contribution >= 4 is 11.5 Å². The lowest BCUT2D eigenvalue weighted by Gasteiger charge is -2.10. The lowest BCUT2D eigenvalue weighted by atomic mass is 10.1. The summed E-state index contributed by atoms with van der Waals surface area (Å²) in [6.45, 7) is 6.10. The molecule has 0 aromatic heterocycles. The van der Waals surface area contributed by atoms with Crippen LogP contribution in [0, 0.1) is 0 Å². The number of rotatable bonds is 5. The summed E-state index contributed by atoms with van der Waals surface area (Å²) in [6.07, 6.45) is 1.16. The summed E-state index contributed by atoms with van der Waals surface area (Å²) in [4.78, 5) is 11.3. The van der Waals surface area contributed by atoms with Crippen molar-refractivity contribution < 1.29 is 4.79 Å². The number of carbonyl (C=O) groups excluding carboxylic acids is 1. The maximum absolute atomic E-state index is 11.3. The first kappa shape index (κ1) is 11.8. The number of ketones is 1. The van der Waals surface area contributed by atoms with Crippen molar-refractivity contribution in [3.63, 3.8) is 0 Å². The highest BCUT2D eigenvalue weighted by Crippen LogP contribution is 2.12. The summed E-state index contributed by atoms with van der Waals surface area (Å²) < 4.78 is 0. The fourth-order valence-corrected chi connectivity index (χ4v) is 1.46. The average Bonchev–Trinajstić information content (AvgIpc) is 2.17. The van der Waals surface area contributed by atoms with Crippen molar-refractivity contribution in [2.45, 2.75) is 39.7 Å². The van der Waals surface area contributed by atoms with Gasteiger partial charge in [0.15, 0.2) is 0 Å². The van der Waals surface area contributed by atoms with Gasteiger partial charge in [-0.2, -0.15) is 0 Å². The Kier molecular flexibility index (Phi) is 4.35. The van der Waals surface area contributed by atoms with Crippen LogP contribution in [-0.4, -0.2) is 11.8 Å². The molecule has 1 aromatic rings. The Morgan fingerprint density at radius 2 is 2.13 bits per heavy atom. The van der Waals surface area contributed by atoms with E-state index in [-0.39, 0.29) is 5.78 Å². The molecule has 0 aliphatic rings. The monoisotopic (exact) mass is 205 g/mol. The molecule has 0 amide bonds. The summed E-state index contributed by atoms with van der Waals surface area (Å²) in [6, 6.07) is 8.48. The molecule has 0 aliphatic heterocycles. The van der Waals surface area contributed by atoms with Gasteiger partial charge in [0, 0.05) is 24.6 Å². The number of nitrogens with one attached hydrogen (secondary N) is 1. The van der Waals surface area contributed by atoms with E-state index in [4.69, 9.17) is 0 Å². The minimum atomic E-state index is 0.289. The Morgan fingerprint density at radius 1 is 1.40 bits per heavy atom. The molecule has 0 atom stereocenters. The van der Waals surface area contributed by atoms with Crippen LogP contribution in [0.2, 0.25) is 0 Å². The SMILES string of the molecule is CCC(=O)Cc1cccc(NC(C)C)c1. The van der Waals surface area contributed by atoms with E-state index in [1.165, 1.54) is 0 Å². The molecule has 1 aromatic carbocycles. The van der Waals surface area contributed by atoms with Crippen molar-refractivity contribution in [1.82, 2.24) is 0 Å². The van der Waals surface area contributed by atoms with Crippen LogP contribution in [0.25, 0.3) is 0 Å². The first-order valence-corrected chi connectivity index (χ1v) is 5.49. The van der Waals surface area contributed by atoms with E-state index in [0.29, 0.717) is 18.9 Å².